The van der Waals surface area contributed by atoms with Crippen molar-refractivity contribution in [2.24, 2.45) is 0 Å². The highest BCUT2D eigenvalue weighted by molar-refractivity contribution is 6.29. The number of aliphatic hydroxyl groups excluding tert-OH is 2. The summed E-state index contributed by atoms with van der Waals surface area (Å²) in [4.78, 5) is 14.0. The Labute approximate surface area is 89.9 Å². The number of carboxylic acid groups (broad SMARTS) is 1. The van der Waals surface area contributed by atoms with Crippen LogP contribution >= 0.6 is 11.6 Å². The van der Waals surface area contributed by atoms with Crippen LogP contribution in [0.5, 0.6) is 0 Å². The molecule has 0 aliphatic rings. The lowest BCUT2D eigenvalue weighted by Crippen LogP contribution is -2.28. The quantitative estimate of drug-likeness (QED) is 0.536. The molecule has 1 rings (SSSR count). The summed E-state index contributed by atoms with van der Waals surface area (Å²) in [6.07, 6.45) is -2.46. The molecule has 82 valence electrons. The average Bonchev–Trinajstić information content (AvgIpc) is 2.15. The third-order valence-electron chi connectivity index (χ3n) is 1.81. The van der Waals surface area contributed by atoms with Crippen molar-refractivity contribution < 1.29 is 20.1 Å². The zero-order valence-electron chi connectivity index (χ0n) is 7.46. The van der Waals surface area contributed by atoms with Crippen LogP contribution in [0.1, 0.15) is 11.7 Å². The Kier molecular flexibility index (Phi) is 3.46. The highest BCUT2D eigenvalue weighted by Crippen LogP contribution is 2.24. The van der Waals surface area contributed by atoms with E-state index in [0.29, 0.717) is 0 Å². The molecular formula is C8H9ClN2O4. The first-order valence-electron chi connectivity index (χ1n) is 3.93. The molecule has 0 aliphatic heterocycles. The van der Waals surface area contributed by atoms with Crippen molar-refractivity contribution in [3.05, 3.63) is 23.0 Å². The first-order chi connectivity index (χ1) is 6.93. The minimum atomic E-state index is -1.95. The van der Waals surface area contributed by atoms with Gasteiger partial charge >= 0.3 is 5.97 Å². The second-order valence-corrected chi connectivity index (χ2v) is 3.25. The molecule has 0 fully saturated rings. The maximum Gasteiger partial charge on any atom is 0.335 e. The van der Waals surface area contributed by atoms with Crippen LogP contribution in [0.2, 0.25) is 5.15 Å². The molecule has 1 aromatic rings. The van der Waals surface area contributed by atoms with Gasteiger partial charge in [-0.3, -0.25) is 0 Å². The molecule has 5 N–H and O–H groups in total. The number of rotatable bonds is 3. The van der Waals surface area contributed by atoms with Crippen LogP contribution in [0.25, 0.3) is 0 Å². The van der Waals surface area contributed by atoms with Crippen LogP contribution in [-0.2, 0) is 4.79 Å². The Morgan fingerprint density at radius 1 is 1.53 bits per heavy atom. The number of hydrogen-bond acceptors (Lipinski definition) is 5. The van der Waals surface area contributed by atoms with Crippen LogP contribution in [0.15, 0.2) is 12.3 Å². The Morgan fingerprint density at radius 3 is 2.60 bits per heavy atom. The standard InChI is InChI=1S/C8H9ClN2O4/c9-5-1-4(10)3(2-11-5)6(12)7(13)8(14)15/h1-2,6-7,12-13H,(H2,10,11)(H,14,15). The largest absolute Gasteiger partial charge is 0.479 e. The molecule has 0 saturated carbocycles. The number of carboxylic acids is 1. The minimum absolute atomic E-state index is 0.0225. The molecule has 0 radical (unpaired) electrons. The van der Waals surface area contributed by atoms with Gasteiger partial charge in [0.2, 0.25) is 0 Å². The lowest BCUT2D eigenvalue weighted by atomic mass is 10.1. The fourth-order valence-electron chi connectivity index (χ4n) is 1.01. The molecule has 6 nitrogen and oxygen atoms in total. The number of aliphatic hydroxyl groups is 2. The number of hydrogen-bond donors (Lipinski definition) is 4. The van der Waals surface area contributed by atoms with E-state index in [4.69, 9.17) is 27.5 Å². The second-order valence-electron chi connectivity index (χ2n) is 2.86. The Bertz CT molecular complexity index is 385. The van der Waals surface area contributed by atoms with E-state index in [1.807, 2.05) is 0 Å². The number of nitrogens with zero attached hydrogens (tertiary/aromatic N) is 1. The Hall–Kier alpha value is -1.37. The number of pyridine rings is 1. The van der Waals surface area contributed by atoms with Crippen molar-refractivity contribution in [1.29, 1.82) is 0 Å². The van der Waals surface area contributed by atoms with Gasteiger partial charge in [0.25, 0.3) is 0 Å². The van der Waals surface area contributed by atoms with Crippen LogP contribution in [0.4, 0.5) is 5.69 Å². The van der Waals surface area contributed by atoms with Gasteiger partial charge in [0.1, 0.15) is 11.3 Å². The van der Waals surface area contributed by atoms with E-state index in [2.05, 4.69) is 4.98 Å². The van der Waals surface area contributed by atoms with Gasteiger partial charge in [-0.15, -0.1) is 0 Å². The van der Waals surface area contributed by atoms with Crippen molar-refractivity contribution in [1.82, 2.24) is 4.98 Å². The van der Waals surface area contributed by atoms with Gasteiger partial charge < -0.3 is 21.1 Å². The van der Waals surface area contributed by atoms with Gasteiger partial charge in [0.15, 0.2) is 6.10 Å². The monoisotopic (exact) mass is 232 g/mol. The van der Waals surface area contributed by atoms with Crippen LogP contribution in [-0.4, -0.2) is 32.4 Å². The third kappa shape index (κ3) is 2.56. The summed E-state index contributed by atoms with van der Waals surface area (Å²) in [5.74, 6) is -1.54. The SMILES string of the molecule is Nc1cc(Cl)ncc1C(O)C(O)C(=O)O. The fraction of sp³-hybridized carbons (Fsp3) is 0.250. The van der Waals surface area contributed by atoms with E-state index in [1.165, 1.54) is 6.07 Å². The maximum absolute atomic E-state index is 10.4. The van der Waals surface area contributed by atoms with Gasteiger partial charge in [-0.05, 0) is 6.07 Å². The smallest absolute Gasteiger partial charge is 0.335 e. The predicted molar refractivity (Wildman–Crippen MR) is 52.3 cm³/mol. The van der Waals surface area contributed by atoms with Crippen LogP contribution in [0.3, 0.4) is 0 Å². The summed E-state index contributed by atoms with van der Waals surface area (Å²) in [6.45, 7) is 0. The summed E-state index contributed by atoms with van der Waals surface area (Å²) in [6, 6.07) is 1.26. The minimum Gasteiger partial charge on any atom is -0.479 e. The van der Waals surface area contributed by atoms with Gasteiger partial charge in [0, 0.05) is 17.4 Å². The zero-order valence-corrected chi connectivity index (χ0v) is 8.22. The summed E-state index contributed by atoms with van der Waals surface area (Å²) in [7, 11) is 0. The molecule has 0 aromatic carbocycles. The number of nitrogen functional groups attached to an aromatic ring is 1. The van der Waals surface area contributed by atoms with Crippen molar-refractivity contribution in [2.75, 3.05) is 5.73 Å². The summed E-state index contributed by atoms with van der Waals surface area (Å²) in [5, 5.41) is 27.1. The maximum atomic E-state index is 10.4. The Morgan fingerprint density at radius 2 is 2.13 bits per heavy atom. The van der Waals surface area contributed by atoms with Crippen molar-refractivity contribution in [3.63, 3.8) is 0 Å². The van der Waals surface area contributed by atoms with Crippen molar-refractivity contribution in [3.8, 4) is 0 Å². The van der Waals surface area contributed by atoms with Crippen LogP contribution in [0, 0.1) is 0 Å². The second kappa shape index (κ2) is 4.43. The summed E-state index contributed by atoms with van der Waals surface area (Å²) < 4.78 is 0. The molecule has 0 spiro atoms. The Balaban J connectivity index is 3.01. The van der Waals surface area contributed by atoms with E-state index in [0.717, 1.165) is 6.20 Å². The van der Waals surface area contributed by atoms with Crippen molar-refractivity contribution in [2.45, 2.75) is 12.2 Å². The molecule has 1 heterocycles. The predicted octanol–water partition coefficient (Wildman–Crippen LogP) is -0.204. The molecule has 0 amide bonds. The van der Waals surface area contributed by atoms with Gasteiger partial charge in [0.05, 0.1) is 0 Å². The number of nitrogens with two attached hydrogens (primary N) is 1. The molecule has 15 heavy (non-hydrogen) atoms. The molecule has 0 bridgehead atoms. The first kappa shape index (κ1) is 11.7. The highest BCUT2D eigenvalue weighted by Gasteiger charge is 2.26. The van der Waals surface area contributed by atoms with Gasteiger partial charge in [-0.2, -0.15) is 0 Å². The summed E-state index contributed by atoms with van der Waals surface area (Å²) >= 11 is 5.51. The molecule has 0 saturated heterocycles. The number of halogens is 1. The van der Waals surface area contributed by atoms with E-state index >= 15 is 0 Å². The van der Waals surface area contributed by atoms with Gasteiger partial charge in [-0.25, -0.2) is 9.78 Å². The van der Waals surface area contributed by atoms with E-state index < -0.39 is 18.2 Å². The van der Waals surface area contributed by atoms with Crippen LogP contribution < -0.4 is 5.73 Å². The zero-order chi connectivity index (χ0) is 11.6. The lowest BCUT2D eigenvalue weighted by molar-refractivity contribution is -0.153. The topological polar surface area (TPSA) is 117 Å². The van der Waals surface area contributed by atoms with Crippen molar-refractivity contribution >= 4 is 23.3 Å². The van der Waals surface area contributed by atoms with Gasteiger partial charge in [-0.1, -0.05) is 11.6 Å². The molecule has 7 heteroatoms. The number of aromatic nitrogens is 1. The van der Waals surface area contributed by atoms with E-state index in [1.54, 1.807) is 0 Å². The summed E-state index contributed by atoms with van der Waals surface area (Å²) in [5.41, 5.74) is 5.57. The normalized spacial score (nSPS) is 14.6. The fourth-order valence-corrected chi connectivity index (χ4v) is 1.17. The first-order valence-corrected chi connectivity index (χ1v) is 4.31. The highest BCUT2D eigenvalue weighted by atomic mass is 35.5. The average molecular weight is 233 g/mol. The number of aliphatic carboxylic acids is 1. The number of anilines is 1. The lowest BCUT2D eigenvalue weighted by Gasteiger charge is -2.15. The molecule has 2 atom stereocenters. The van der Waals surface area contributed by atoms with E-state index in [9.17, 15) is 9.90 Å². The molecule has 1 aromatic heterocycles. The molecule has 2 unspecified atom stereocenters. The third-order valence-corrected chi connectivity index (χ3v) is 2.01. The number of carbonyl (C=O) groups is 1. The molecule has 0 aliphatic carbocycles. The van der Waals surface area contributed by atoms with E-state index in [-0.39, 0.29) is 16.4 Å². The molecular weight excluding hydrogens is 224 g/mol.